The van der Waals surface area contributed by atoms with Crippen LogP contribution in [0.1, 0.15) is 12.5 Å². The van der Waals surface area contributed by atoms with Gasteiger partial charge < -0.3 is 20.8 Å². The van der Waals surface area contributed by atoms with Crippen LogP contribution in [-0.2, 0) is 4.79 Å². The molecule has 0 aliphatic rings. The largest absolute Gasteiger partial charge is 0.423 e. The Bertz CT molecular complexity index is 766. The van der Waals surface area contributed by atoms with E-state index >= 15 is 0 Å². The average molecular weight is 289 g/mol. The standard InChI is InChI=1S/C14H15N3O4/c1-7-5-12(18)21-11-6-9(3-4-10(7)11)17-14(20)16-8(2)13(15)19/h3-6,8H,1-2H3,(H2,15,19)(H2,16,17,20)/t8-/m0/s1. The van der Waals surface area contributed by atoms with Crippen molar-refractivity contribution in [1.29, 1.82) is 0 Å². The molecule has 7 nitrogen and oxygen atoms in total. The molecular formula is C14H15N3O4. The number of benzene rings is 1. The van der Waals surface area contributed by atoms with Crippen LogP contribution < -0.4 is 22.0 Å². The van der Waals surface area contributed by atoms with Crippen LogP contribution in [0, 0.1) is 6.92 Å². The van der Waals surface area contributed by atoms with Crippen LogP contribution >= 0.6 is 0 Å². The summed E-state index contributed by atoms with van der Waals surface area (Å²) in [6, 6.07) is 4.99. The smallest absolute Gasteiger partial charge is 0.336 e. The topological polar surface area (TPSA) is 114 Å². The van der Waals surface area contributed by atoms with Crippen LogP contribution in [0.15, 0.2) is 33.5 Å². The minimum atomic E-state index is -0.786. The van der Waals surface area contributed by atoms with Crippen LogP contribution in [0.25, 0.3) is 11.0 Å². The number of amides is 3. The normalized spacial score (nSPS) is 11.9. The minimum Gasteiger partial charge on any atom is -0.423 e. The zero-order chi connectivity index (χ0) is 15.6. The maximum atomic E-state index is 11.7. The van der Waals surface area contributed by atoms with Gasteiger partial charge in [0.25, 0.3) is 0 Å². The number of urea groups is 1. The summed E-state index contributed by atoms with van der Waals surface area (Å²) in [7, 11) is 0. The molecule has 0 unspecified atom stereocenters. The fraction of sp³-hybridized carbons (Fsp3) is 0.214. The van der Waals surface area contributed by atoms with E-state index in [0.717, 1.165) is 10.9 Å². The molecule has 0 saturated heterocycles. The van der Waals surface area contributed by atoms with Crippen molar-refractivity contribution < 1.29 is 14.0 Å². The van der Waals surface area contributed by atoms with Crippen molar-refractivity contribution >= 4 is 28.6 Å². The Morgan fingerprint density at radius 3 is 2.67 bits per heavy atom. The first-order valence-corrected chi connectivity index (χ1v) is 6.28. The molecule has 0 saturated carbocycles. The number of fused-ring (bicyclic) bond motifs is 1. The third kappa shape index (κ3) is 3.38. The molecule has 1 aromatic carbocycles. The molecule has 110 valence electrons. The molecular weight excluding hydrogens is 274 g/mol. The molecule has 2 aromatic rings. The van der Waals surface area contributed by atoms with Crippen LogP contribution in [0.5, 0.6) is 0 Å². The molecule has 0 bridgehead atoms. The predicted molar refractivity (Wildman–Crippen MR) is 78.0 cm³/mol. The Morgan fingerprint density at radius 1 is 1.29 bits per heavy atom. The van der Waals surface area contributed by atoms with E-state index in [-0.39, 0.29) is 0 Å². The predicted octanol–water partition coefficient (Wildman–Crippen LogP) is 1.10. The summed E-state index contributed by atoms with van der Waals surface area (Å²) in [5.74, 6) is -0.634. The van der Waals surface area contributed by atoms with Gasteiger partial charge in [-0.3, -0.25) is 4.79 Å². The van der Waals surface area contributed by atoms with E-state index < -0.39 is 23.6 Å². The van der Waals surface area contributed by atoms with Gasteiger partial charge in [0.15, 0.2) is 0 Å². The van der Waals surface area contributed by atoms with Gasteiger partial charge in [-0.15, -0.1) is 0 Å². The van der Waals surface area contributed by atoms with E-state index in [9.17, 15) is 14.4 Å². The van der Waals surface area contributed by atoms with Gasteiger partial charge in [-0.05, 0) is 31.5 Å². The lowest BCUT2D eigenvalue weighted by Crippen LogP contribution is -2.44. The zero-order valence-electron chi connectivity index (χ0n) is 11.6. The number of aryl methyl sites for hydroxylation is 1. The maximum absolute atomic E-state index is 11.7. The van der Waals surface area contributed by atoms with Crippen LogP contribution in [0.3, 0.4) is 0 Å². The summed E-state index contributed by atoms with van der Waals surface area (Å²) in [5, 5.41) is 5.70. The highest BCUT2D eigenvalue weighted by molar-refractivity contribution is 5.95. The van der Waals surface area contributed by atoms with E-state index in [4.69, 9.17) is 10.2 Å². The number of primary amides is 1. The highest BCUT2D eigenvalue weighted by Crippen LogP contribution is 2.20. The van der Waals surface area contributed by atoms with Crippen LogP contribution in [0.2, 0.25) is 0 Å². The molecule has 21 heavy (non-hydrogen) atoms. The van der Waals surface area contributed by atoms with E-state index in [0.29, 0.717) is 11.3 Å². The lowest BCUT2D eigenvalue weighted by atomic mass is 10.1. The van der Waals surface area contributed by atoms with Gasteiger partial charge in [0.2, 0.25) is 5.91 Å². The van der Waals surface area contributed by atoms with Gasteiger partial charge in [-0.2, -0.15) is 0 Å². The Hall–Kier alpha value is -2.83. The third-order valence-electron chi connectivity index (χ3n) is 2.98. The molecule has 0 radical (unpaired) electrons. The summed E-state index contributed by atoms with van der Waals surface area (Å²) >= 11 is 0. The van der Waals surface area contributed by atoms with Gasteiger partial charge >= 0.3 is 11.7 Å². The quantitative estimate of drug-likeness (QED) is 0.734. The van der Waals surface area contributed by atoms with Gasteiger partial charge in [0.05, 0.1) is 0 Å². The summed E-state index contributed by atoms with van der Waals surface area (Å²) in [5.41, 5.74) is 6.20. The number of carbonyl (C=O) groups excluding carboxylic acids is 2. The van der Waals surface area contributed by atoms with Crippen molar-refractivity contribution in [2.24, 2.45) is 5.73 Å². The van der Waals surface area contributed by atoms with Crippen LogP contribution in [0.4, 0.5) is 10.5 Å². The highest BCUT2D eigenvalue weighted by atomic mass is 16.4. The Labute approximate surface area is 120 Å². The van der Waals surface area contributed by atoms with E-state index in [1.165, 1.54) is 19.1 Å². The van der Waals surface area contributed by atoms with Crippen molar-refractivity contribution in [3.63, 3.8) is 0 Å². The van der Waals surface area contributed by atoms with Crippen molar-refractivity contribution in [1.82, 2.24) is 5.32 Å². The second-order valence-electron chi connectivity index (χ2n) is 4.68. The van der Waals surface area contributed by atoms with Gasteiger partial charge in [0, 0.05) is 23.2 Å². The highest BCUT2D eigenvalue weighted by Gasteiger charge is 2.12. The molecule has 0 aliphatic heterocycles. The molecule has 4 N–H and O–H groups in total. The maximum Gasteiger partial charge on any atom is 0.336 e. The van der Waals surface area contributed by atoms with Gasteiger partial charge in [0.1, 0.15) is 11.6 Å². The first-order valence-electron chi connectivity index (χ1n) is 6.28. The van der Waals surface area contributed by atoms with Gasteiger partial charge in [-0.1, -0.05) is 0 Å². The second-order valence-corrected chi connectivity index (χ2v) is 4.68. The summed E-state index contributed by atoms with van der Waals surface area (Å²) in [6.07, 6.45) is 0. The molecule has 0 aliphatic carbocycles. The third-order valence-corrected chi connectivity index (χ3v) is 2.98. The summed E-state index contributed by atoms with van der Waals surface area (Å²) in [4.78, 5) is 33.9. The molecule has 2 rings (SSSR count). The van der Waals surface area contributed by atoms with Crippen molar-refractivity contribution in [2.45, 2.75) is 19.9 Å². The SMILES string of the molecule is Cc1cc(=O)oc2cc(NC(=O)N[C@@H](C)C(N)=O)ccc12. The summed E-state index contributed by atoms with van der Waals surface area (Å²) in [6.45, 7) is 3.28. The summed E-state index contributed by atoms with van der Waals surface area (Å²) < 4.78 is 5.08. The number of hydrogen-bond acceptors (Lipinski definition) is 4. The number of rotatable bonds is 3. The molecule has 3 amide bonds. The zero-order valence-corrected chi connectivity index (χ0v) is 11.6. The van der Waals surface area contributed by atoms with Crippen molar-refractivity contribution in [2.75, 3.05) is 5.32 Å². The fourth-order valence-corrected chi connectivity index (χ4v) is 1.84. The average Bonchev–Trinajstić information content (AvgIpc) is 2.37. The van der Waals surface area contributed by atoms with Crippen molar-refractivity contribution in [3.8, 4) is 0 Å². The lowest BCUT2D eigenvalue weighted by molar-refractivity contribution is -0.119. The molecule has 1 atom stereocenters. The number of nitrogens with one attached hydrogen (secondary N) is 2. The van der Waals surface area contributed by atoms with Gasteiger partial charge in [-0.25, -0.2) is 9.59 Å². The lowest BCUT2D eigenvalue weighted by Gasteiger charge is -2.11. The monoisotopic (exact) mass is 289 g/mol. The Morgan fingerprint density at radius 2 is 2.00 bits per heavy atom. The fourth-order valence-electron chi connectivity index (χ4n) is 1.84. The van der Waals surface area contributed by atoms with Crippen molar-refractivity contribution in [3.05, 3.63) is 40.2 Å². The van der Waals surface area contributed by atoms with E-state index in [1.807, 2.05) is 0 Å². The number of nitrogens with two attached hydrogens (primary N) is 1. The molecule has 0 spiro atoms. The van der Waals surface area contributed by atoms with E-state index in [2.05, 4.69) is 10.6 Å². The molecule has 1 aromatic heterocycles. The Kier molecular flexibility index (Phi) is 3.93. The number of carbonyl (C=O) groups is 2. The number of hydrogen-bond donors (Lipinski definition) is 3. The second kappa shape index (κ2) is 5.66. The molecule has 0 fully saturated rings. The number of anilines is 1. The van der Waals surface area contributed by atoms with E-state index in [1.54, 1.807) is 19.1 Å². The molecule has 7 heteroatoms. The van der Waals surface area contributed by atoms with Crippen LogP contribution in [-0.4, -0.2) is 18.0 Å². The minimum absolute atomic E-state index is 0.376. The first kappa shape index (κ1) is 14.6. The molecule has 1 heterocycles. The Balaban J connectivity index is 2.22. The first-order chi connectivity index (χ1) is 9.86.